The summed E-state index contributed by atoms with van der Waals surface area (Å²) in [6.45, 7) is 1.59. The molecule has 3 nitrogen and oxygen atoms in total. The molecule has 1 N–H and O–H groups in total. The molecule has 0 heterocycles. The molecule has 16 heavy (non-hydrogen) atoms. The number of carbonyl (C=O) groups excluding carboxylic acids is 1. The van der Waals surface area contributed by atoms with Crippen molar-refractivity contribution in [2.24, 2.45) is 5.92 Å². The average molecular weight is 241 g/mol. The monoisotopic (exact) mass is 240 g/mol. The molecule has 0 spiro atoms. The molecular formula is C12H13ClO3. The molecule has 0 fully saturated rings. The Bertz CT molecular complexity index is 384. The Morgan fingerprint density at radius 2 is 1.88 bits per heavy atom. The molecule has 0 saturated carbocycles. The van der Waals surface area contributed by atoms with Gasteiger partial charge in [-0.1, -0.05) is 18.5 Å². The summed E-state index contributed by atoms with van der Waals surface area (Å²) in [6.07, 6.45) is 0.603. The second-order valence-electron chi connectivity index (χ2n) is 3.71. The maximum Gasteiger partial charge on any atom is 0.306 e. The predicted molar refractivity (Wildman–Crippen MR) is 61.8 cm³/mol. The Kier molecular flexibility index (Phi) is 4.50. The number of hydrogen-bond donors (Lipinski definition) is 1. The average Bonchev–Trinajstić information content (AvgIpc) is 2.26. The van der Waals surface area contributed by atoms with Gasteiger partial charge in [0.05, 0.1) is 5.92 Å². The summed E-state index contributed by atoms with van der Waals surface area (Å²) < 4.78 is 0. The first kappa shape index (κ1) is 12.7. The zero-order valence-electron chi connectivity index (χ0n) is 8.94. The standard InChI is InChI=1S/C12H13ClO3/c1-8(12(15)16)2-7-11(14)9-3-5-10(13)6-4-9/h3-6,8H,2,7H2,1H3,(H,15,16). The van der Waals surface area contributed by atoms with E-state index in [-0.39, 0.29) is 12.2 Å². The highest BCUT2D eigenvalue weighted by atomic mass is 35.5. The second-order valence-corrected chi connectivity index (χ2v) is 4.14. The Hall–Kier alpha value is -1.35. The Labute approximate surface area is 99.0 Å². The number of halogens is 1. The SMILES string of the molecule is CC(CCC(=O)c1ccc(Cl)cc1)C(=O)O. The van der Waals surface area contributed by atoms with Crippen LogP contribution in [0.4, 0.5) is 0 Å². The van der Waals surface area contributed by atoms with Crippen molar-refractivity contribution in [3.05, 3.63) is 34.9 Å². The summed E-state index contributed by atoms with van der Waals surface area (Å²) in [4.78, 5) is 22.2. The molecule has 86 valence electrons. The van der Waals surface area contributed by atoms with E-state index in [9.17, 15) is 9.59 Å². The van der Waals surface area contributed by atoms with E-state index in [1.54, 1.807) is 31.2 Å². The summed E-state index contributed by atoms with van der Waals surface area (Å²) in [5.74, 6) is -1.41. The number of carboxylic acids is 1. The highest BCUT2D eigenvalue weighted by Crippen LogP contribution is 2.14. The molecule has 1 rings (SSSR count). The van der Waals surface area contributed by atoms with Crippen LogP contribution in [0.5, 0.6) is 0 Å². The molecule has 1 unspecified atom stereocenters. The van der Waals surface area contributed by atoms with Crippen molar-refractivity contribution in [2.75, 3.05) is 0 Å². The molecule has 4 heteroatoms. The van der Waals surface area contributed by atoms with Crippen LogP contribution in [0.15, 0.2) is 24.3 Å². The van der Waals surface area contributed by atoms with E-state index < -0.39 is 11.9 Å². The molecule has 0 aromatic heterocycles. The first-order chi connectivity index (χ1) is 7.50. The van der Waals surface area contributed by atoms with E-state index in [0.717, 1.165) is 0 Å². The third kappa shape index (κ3) is 3.66. The van der Waals surface area contributed by atoms with Gasteiger partial charge in [-0.05, 0) is 30.7 Å². The van der Waals surface area contributed by atoms with Gasteiger partial charge in [0.15, 0.2) is 5.78 Å². The van der Waals surface area contributed by atoms with E-state index in [1.165, 1.54) is 0 Å². The fourth-order valence-electron chi connectivity index (χ4n) is 1.25. The lowest BCUT2D eigenvalue weighted by atomic mass is 10.0. The van der Waals surface area contributed by atoms with E-state index in [1.807, 2.05) is 0 Å². The molecule has 0 aliphatic heterocycles. The minimum Gasteiger partial charge on any atom is -0.481 e. The minimum absolute atomic E-state index is 0.0511. The Morgan fingerprint density at radius 3 is 2.38 bits per heavy atom. The van der Waals surface area contributed by atoms with Crippen LogP contribution in [0.3, 0.4) is 0 Å². The van der Waals surface area contributed by atoms with E-state index >= 15 is 0 Å². The van der Waals surface area contributed by atoms with Gasteiger partial charge in [-0.25, -0.2) is 0 Å². The van der Waals surface area contributed by atoms with Gasteiger partial charge in [0.2, 0.25) is 0 Å². The van der Waals surface area contributed by atoms with E-state index in [2.05, 4.69) is 0 Å². The molecule has 0 radical (unpaired) electrons. The molecule has 0 saturated heterocycles. The van der Waals surface area contributed by atoms with Gasteiger partial charge in [-0.15, -0.1) is 0 Å². The summed E-state index contributed by atoms with van der Waals surface area (Å²) in [7, 11) is 0. The third-order valence-corrected chi connectivity index (χ3v) is 2.64. The quantitative estimate of drug-likeness (QED) is 0.805. The molecule has 1 aromatic rings. The molecule has 0 bridgehead atoms. The van der Waals surface area contributed by atoms with Crippen LogP contribution in [0.25, 0.3) is 0 Å². The fraction of sp³-hybridized carbons (Fsp3) is 0.333. The summed E-state index contributed by atoms with van der Waals surface area (Å²) in [5, 5.41) is 9.25. The minimum atomic E-state index is -0.871. The van der Waals surface area contributed by atoms with Crippen molar-refractivity contribution in [3.8, 4) is 0 Å². The molecule has 0 amide bonds. The van der Waals surface area contributed by atoms with Crippen LogP contribution in [-0.2, 0) is 4.79 Å². The third-order valence-electron chi connectivity index (χ3n) is 2.39. The van der Waals surface area contributed by atoms with Gasteiger partial charge in [-0.3, -0.25) is 9.59 Å². The lowest BCUT2D eigenvalue weighted by Crippen LogP contribution is -2.11. The number of rotatable bonds is 5. The smallest absolute Gasteiger partial charge is 0.306 e. The second kappa shape index (κ2) is 5.66. The van der Waals surface area contributed by atoms with E-state index in [0.29, 0.717) is 17.0 Å². The van der Waals surface area contributed by atoms with Crippen molar-refractivity contribution in [1.29, 1.82) is 0 Å². The zero-order valence-corrected chi connectivity index (χ0v) is 9.70. The molecule has 1 atom stereocenters. The number of carbonyl (C=O) groups is 2. The maximum absolute atomic E-state index is 11.6. The van der Waals surface area contributed by atoms with Crippen LogP contribution >= 0.6 is 11.6 Å². The lowest BCUT2D eigenvalue weighted by molar-refractivity contribution is -0.141. The highest BCUT2D eigenvalue weighted by molar-refractivity contribution is 6.30. The van der Waals surface area contributed by atoms with Crippen molar-refractivity contribution < 1.29 is 14.7 Å². The summed E-state index contributed by atoms with van der Waals surface area (Å²) in [6, 6.07) is 6.59. The van der Waals surface area contributed by atoms with Crippen molar-refractivity contribution in [1.82, 2.24) is 0 Å². The normalized spacial score (nSPS) is 12.1. The summed E-state index contributed by atoms with van der Waals surface area (Å²) >= 11 is 5.70. The topological polar surface area (TPSA) is 54.4 Å². The van der Waals surface area contributed by atoms with Gasteiger partial charge in [0.1, 0.15) is 0 Å². The maximum atomic E-state index is 11.6. The fourth-order valence-corrected chi connectivity index (χ4v) is 1.38. The predicted octanol–water partition coefficient (Wildman–Crippen LogP) is 3.02. The van der Waals surface area contributed by atoms with Gasteiger partial charge in [0.25, 0.3) is 0 Å². The van der Waals surface area contributed by atoms with Crippen LogP contribution in [0.2, 0.25) is 5.02 Å². The number of benzene rings is 1. The van der Waals surface area contributed by atoms with Crippen molar-refractivity contribution >= 4 is 23.4 Å². The van der Waals surface area contributed by atoms with Gasteiger partial charge in [-0.2, -0.15) is 0 Å². The van der Waals surface area contributed by atoms with Crippen LogP contribution in [0, 0.1) is 5.92 Å². The number of carboxylic acid groups (broad SMARTS) is 1. The molecule has 0 aliphatic carbocycles. The van der Waals surface area contributed by atoms with Crippen LogP contribution in [-0.4, -0.2) is 16.9 Å². The Morgan fingerprint density at radius 1 is 1.31 bits per heavy atom. The number of hydrogen-bond acceptors (Lipinski definition) is 2. The molecular weight excluding hydrogens is 228 g/mol. The highest BCUT2D eigenvalue weighted by Gasteiger charge is 2.13. The van der Waals surface area contributed by atoms with Crippen LogP contribution in [0.1, 0.15) is 30.1 Å². The first-order valence-electron chi connectivity index (χ1n) is 5.02. The Balaban J connectivity index is 2.53. The number of ketones is 1. The lowest BCUT2D eigenvalue weighted by Gasteiger charge is -2.05. The van der Waals surface area contributed by atoms with Crippen molar-refractivity contribution in [3.63, 3.8) is 0 Å². The first-order valence-corrected chi connectivity index (χ1v) is 5.40. The molecule has 0 aliphatic rings. The van der Waals surface area contributed by atoms with Gasteiger partial charge < -0.3 is 5.11 Å². The largest absolute Gasteiger partial charge is 0.481 e. The zero-order chi connectivity index (χ0) is 12.1. The van der Waals surface area contributed by atoms with Crippen molar-refractivity contribution in [2.45, 2.75) is 19.8 Å². The molecule has 1 aromatic carbocycles. The number of aliphatic carboxylic acids is 1. The summed E-state index contributed by atoms with van der Waals surface area (Å²) in [5.41, 5.74) is 0.571. The number of Topliss-reactive ketones (excluding diaryl/α,β-unsaturated/α-hetero) is 1. The van der Waals surface area contributed by atoms with Gasteiger partial charge in [0, 0.05) is 17.0 Å². The van der Waals surface area contributed by atoms with E-state index in [4.69, 9.17) is 16.7 Å². The van der Waals surface area contributed by atoms with Crippen LogP contribution < -0.4 is 0 Å². The van der Waals surface area contributed by atoms with Gasteiger partial charge >= 0.3 is 5.97 Å².